The summed E-state index contributed by atoms with van der Waals surface area (Å²) in [6.07, 6.45) is 5.37. The van der Waals surface area contributed by atoms with Crippen LogP contribution in [0.4, 0.5) is 0 Å². The molecule has 2 aromatic rings. The van der Waals surface area contributed by atoms with Crippen molar-refractivity contribution in [2.45, 2.75) is 44.7 Å². The summed E-state index contributed by atoms with van der Waals surface area (Å²) in [6.45, 7) is 1.03. The lowest BCUT2D eigenvalue weighted by atomic mass is 10.1. The fourth-order valence-corrected chi connectivity index (χ4v) is 3.28. The first-order chi connectivity index (χ1) is 12.2. The maximum atomic E-state index is 12.5. The third-order valence-corrected chi connectivity index (χ3v) is 4.59. The molecule has 1 atom stereocenters. The Morgan fingerprint density at radius 1 is 1.16 bits per heavy atom. The molecular formula is C20H24N2O3. The predicted octanol–water partition coefficient (Wildman–Crippen LogP) is 2.91. The van der Waals surface area contributed by atoms with E-state index >= 15 is 0 Å². The molecule has 0 aliphatic carbocycles. The fourth-order valence-electron chi connectivity index (χ4n) is 3.28. The molecule has 3 rings (SSSR count). The maximum Gasteiger partial charge on any atom is 0.243 e. The number of benzene rings is 1. The zero-order valence-corrected chi connectivity index (χ0v) is 14.3. The Hall–Kier alpha value is -2.56. The van der Waals surface area contributed by atoms with E-state index in [2.05, 4.69) is 17.4 Å². The van der Waals surface area contributed by atoms with Crippen LogP contribution in [0.5, 0.6) is 0 Å². The molecule has 5 heteroatoms. The highest BCUT2D eigenvalue weighted by Crippen LogP contribution is 2.19. The standard InChI is InChI=1S/C20H24N2O3/c23-19(12-4-9-16-7-2-1-3-8-16)22-13-5-11-18(22)20(24)21-15-17-10-6-14-25-17/h1-3,6-8,10,14,18H,4-5,9,11-13,15H2,(H,21,24). The van der Waals surface area contributed by atoms with Gasteiger partial charge < -0.3 is 14.6 Å². The summed E-state index contributed by atoms with van der Waals surface area (Å²) in [5, 5.41) is 2.87. The summed E-state index contributed by atoms with van der Waals surface area (Å²) in [5.74, 6) is 0.698. The first-order valence-electron chi connectivity index (χ1n) is 8.87. The van der Waals surface area contributed by atoms with E-state index in [4.69, 9.17) is 4.42 Å². The summed E-state index contributed by atoms with van der Waals surface area (Å²) in [7, 11) is 0. The lowest BCUT2D eigenvalue weighted by Crippen LogP contribution is -2.45. The molecule has 0 bridgehead atoms. The van der Waals surface area contributed by atoms with Gasteiger partial charge in [0.05, 0.1) is 12.8 Å². The molecule has 0 saturated carbocycles. The van der Waals surface area contributed by atoms with Crippen LogP contribution in [-0.4, -0.2) is 29.3 Å². The average molecular weight is 340 g/mol. The van der Waals surface area contributed by atoms with Gasteiger partial charge in [-0.05, 0) is 43.4 Å². The van der Waals surface area contributed by atoms with Crippen molar-refractivity contribution in [3.63, 3.8) is 0 Å². The van der Waals surface area contributed by atoms with Crippen LogP contribution >= 0.6 is 0 Å². The molecule has 1 aliphatic rings. The molecule has 1 fully saturated rings. The minimum atomic E-state index is -0.348. The van der Waals surface area contributed by atoms with Crippen LogP contribution < -0.4 is 5.32 Å². The van der Waals surface area contributed by atoms with Crippen LogP contribution in [0.3, 0.4) is 0 Å². The Morgan fingerprint density at radius 2 is 2.00 bits per heavy atom. The molecule has 25 heavy (non-hydrogen) atoms. The lowest BCUT2D eigenvalue weighted by Gasteiger charge is -2.24. The molecule has 0 spiro atoms. The molecule has 5 nitrogen and oxygen atoms in total. The van der Waals surface area contributed by atoms with Gasteiger partial charge in [0.15, 0.2) is 0 Å². The van der Waals surface area contributed by atoms with Crippen LogP contribution in [0.1, 0.15) is 37.0 Å². The first kappa shape index (κ1) is 17.3. The largest absolute Gasteiger partial charge is 0.467 e. The molecular weight excluding hydrogens is 316 g/mol. The van der Waals surface area contributed by atoms with Gasteiger partial charge in [0.2, 0.25) is 11.8 Å². The topological polar surface area (TPSA) is 62.6 Å². The van der Waals surface area contributed by atoms with Crippen molar-refractivity contribution in [1.82, 2.24) is 10.2 Å². The number of nitrogens with zero attached hydrogens (tertiary/aromatic N) is 1. The minimum absolute atomic E-state index is 0.0755. The highest BCUT2D eigenvalue weighted by molar-refractivity contribution is 5.88. The van der Waals surface area contributed by atoms with Crippen molar-refractivity contribution in [1.29, 1.82) is 0 Å². The minimum Gasteiger partial charge on any atom is -0.467 e. The normalized spacial score (nSPS) is 16.8. The number of hydrogen-bond donors (Lipinski definition) is 1. The van der Waals surface area contributed by atoms with Gasteiger partial charge in [-0.1, -0.05) is 30.3 Å². The number of hydrogen-bond acceptors (Lipinski definition) is 3. The van der Waals surface area contributed by atoms with Gasteiger partial charge in [-0.15, -0.1) is 0 Å². The SMILES string of the molecule is O=C(NCc1ccco1)C1CCCN1C(=O)CCCc1ccccc1. The molecule has 1 aromatic heterocycles. The molecule has 2 heterocycles. The second kappa shape index (κ2) is 8.51. The second-order valence-electron chi connectivity index (χ2n) is 6.38. The number of likely N-dealkylation sites (tertiary alicyclic amines) is 1. The second-order valence-corrected chi connectivity index (χ2v) is 6.38. The highest BCUT2D eigenvalue weighted by atomic mass is 16.3. The van der Waals surface area contributed by atoms with Crippen LogP contribution in [0.2, 0.25) is 0 Å². The molecule has 2 amide bonds. The summed E-state index contributed by atoms with van der Waals surface area (Å²) in [6, 6.07) is 13.4. The monoisotopic (exact) mass is 340 g/mol. The van der Waals surface area contributed by atoms with Crippen LogP contribution in [-0.2, 0) is 22.6 Å². The molecule has 1 saturated heterocycles. The van der Waals surface area contributed by atoms with E-state index in [0.29, 0.717) is 25.3 Å². The van der Waals surface area contributed by atoms with Gasteiger partial charge in [-0.3, -0.25) is 9.59 Å². The van der Waals surface area contributed by atoms with Gasteiger partial charge in [-0.2, -0.15) is 0 Å². The van der Waals surface area contributed by atoms with Gasteiger partial charge in [-0.25, -0.2) is 0 Å². The molecule has 132 valence electrons. The van der Waals surface area contributed by atoms with Crippen LogP contribution in [0, 0.1) is 0 Å². The van der Waals surface area contributed by atoms with E-state index in [0.717, 1.165) is 25.7 Å². The maximum absolute atomic E-state index is 12.5. The molecule has 1 unspecified atom stereocenters. The van der Waals surface area contributed by atoms with E-state index < -0.39 is 0 Å². The summed E-state index contributed by atoms with van der Waals surface area (Å²) in [4.78, 5) is 26.7. The number of rotatable bonds is 7. The van der Waals surface area contributed by atoms with E-state index in [1.807, 2.05) is 24.3 Å². The Kier molecular flexibility index (Phi) is 5.88. The summed E-state index contributed by atoms with van der Waals surface area (Å²) >= 11 is 0. The number of amides is 2. The zero-order valence-electron chi connectivity index (χ0n) is 14.3. The third-order valence-electron chi connectivity index (χ3n) is 4.59. The Balaban J connectivity index is 1.46. The fraction of sp³-hybridized carbons (Fsp3) is 0.400. The third kappa shape index (κ3) is 4.72. The van der Waals surface area contributed by atoms with Crippen molar-refractivity contribution in [3.05, 3.63) is 60.1 Å². The van der Waals surface area contributed by atoms with Crippen molar-refractivity contribution in [3.8, 4) is 0 Å². The van der Waals surface area contributed by atoms with Crippen LogP contribution in [0.25, 0.3) is 0 Å². The molecule has 1 aromatic carbocycles. The quantitative estimate of drug-likeness (QED) is 0.843. The first-order valence-corrected chi connectivity index (χ1v) is 8.87. The van der Waals surface area contributed by atoms with E-state index in [9.17, 15) is 9.59 Å². The Morgan fingerprint density at radius 3 is 2.76 bits per heavy atom. The molecule has 1 aliphatic heterocycles. The number of aryl methyl sites for hydroxylation is 1. The van der Waals surface area contributed by atoms with Gasteiger partial charge in [0.25, 0.3) is 0 Å². The molecule has 1 N–H and O–H groups in total. The van der Waals surface area contributed by atoms with Gasteiger partial charge >= 0.3 is 0 Å². The number of nitrogens with one attached hydrogen (secondary N) is 1. The molecule has 0 radical (unpaired) electrons. The van der Waals surface area contributed by atoms with Gasteiger partial charge in [0.1, 0.15) is 11.8 Å². The average Bonchev–Trinajstić information content (AvgIpc) is 3.32. The van der Waals surface area contributed by atoms with E-state index in [-0.39, 0.29) is 17.9 Å². The number of carbonyl (C=O) groups is 2. The summed E-state index contributed by atoms with van der Waals surface area (Å²) in [5.41, 5.74) is 1.24. The predicted molar refractivity (Wildman–Crippen MR) is 94.7 cm³/mol. The van der Waals surface area contributed by atoms with E-state index in [1.54, 1.807) is 17.2 Å². The summed E-state index contributed by atoms with van der Waals surface area (Å²) < 4.78 is 5.22. The van der Waals surface area contributed by atoms with Crippen molar-refractivity contribution >= 4 is 11.8 Å². The Bertz CT molecular complexity index is 682. The van der Waals surface area contributed by atoms with E-state index in [1.165, 1.54) is 5.56 Å². The highest BCUT2D eigenvalue weighted by Gasteiger charge is 2.33. The van der Waals surface area contributed by atoms with Crippen LogP contribution in [0.15, 0.2) is 53.1 Å². The number of carbonyl (C=O) groups excluding carboxylic acids is 2. The lowest BCUT2D eigenvalue weighted by molar-refractivity contribution is -0.138. The van der Waals surface area contributed by atoms with Crippen molar-refractivity contribution in [2.75, 3.05) is 6.54 Å². The number of furan rings is 1. The smallest absolute Gasteiger partial charge is 0.243 e. The van der Waals surface area contributed by atoms with Crippen molar-refractivity contribution in [2.24, 2.45) is 0 Å². The zero-order chi connectivity index (χ0) is 17.5. The van der Waals surface area contributed by atoms with Crippen molar-refractivity contribution < 1.29 is 14.0 Å². The van der Waals surface area contributed by atoms with Gasteiger partial charge in [0, 0.05) is 13.0 Å². The Labute approximate surface area is 148 Å².